The lowest BCUT2D eigenvalue weighted by Crippen LogP contribution is -2.64. The maximum absolute atomic E-state index is 16.4. The largest absolute Gasteiger partial charge is 0.508 e. The molecular formula is C80H86ClN9O24. The van der Waals surface area contributed by atoms with Crippen molar-refractivity contribution in [1.29, 1.82) is 0 Å². The number of hydrogen-bond acceptors (Lipinski definition) is 25. The van der Waals surface area contributed by atoms with E-state index in [0.29, 0.717) is 5.56 Å². The number of nitrogens with one attached hydrogen (secondary N) is 7. The van der Waals surface area contributed by atoms with E-state index in [1.165, 1.54) is 57.3 Å². The van der Waals surface area contributed by atoms with Gasteiger partial charge in [-0.25, -0.2) is 4.79 Å². The number of phenols is 3. The fraction of sp³-hybridized carbons (Fsp3) is 0.350. The van der Waals surface area contributed by atoms with Crippen molar-refractivity contribution in [1.82, 2.24) is 37.2 Å². The summed E-state index contributed by atoms with van der Waals surface area (Å²) in [4.78, 5) is 119. The Labute approximate surface area is 656 Å². The molecule has 18 atom stereocenters. The average molecular weight is 1590 g/mol. The third kappa shape index (κ3) is 17.7. The molecule has 7 aliphatic rings. The molecule has 11 bridgehead atoms. The number of fused-ring (bicyclic) bond motifs is 15. The predicted octanol–water partition coefficient (Wildman–Crippen LogP) is 3.29. The highest BCUT2D eigenvalue weighted by Gasteiger charge is 2.52. The number of rotatable bonds is 16. The molecule has 2 fully saturated rings. The van der Waals surface area contributed by atoms with E-state index in [1.807, 2.05) is 56.3 Å². The van der Waals surface area contributed by atoms with Crippen molar-refractivity contribution in [2.45, 2.75) is 156 Å². The van der Waals surface area contributed by atoms with Gasteiger partial charge in [0.25, 0.3) is 0 Å². The molecule has 0 unspecified atom stereocenters. The highest BCUT2D eigenvalue weighted by atomic mass is 35.5. The maximum atomic E-state index is 16.4. The number of likely N-dealkylation sites (N-methyl/N-ethyl adjacent to an activating group) is 1. The van der Waals surface area contributed by atoms with Crippen molar-refractivity contribution in [3.63, 3.8) is 0 Å². The third-order valence-electron chi connectivity index (χ3n) is 20.3. The summed E-state index contributed by atoms with van der Waals surface area (Å²) in [5.41, 5.74) is 10.5. The number of aliphatic hydroxyl groups excluding tert-OH is 6. The molecule has 0 saturated carbocycles. The number of primary amides is 1. The van der Waals surface area contributed by atoms with Crippen molar-refractivity contribution >= 4 is 71.1 Å². The van der Waals surface area contributed by atoms with Crippen molar-refractivity contribution in [2.24, 2.45) is 17.4 Å². The van der Waals surface area contributed by atoms with Gasteiger partial charge in [0.05, 0.1) is 36.3 Å². The lowest BCUT2D eigenvalue weighted by Gasteiger charge is -2.47. The lowest BCUT2D eigenvalue weighted by atomic mass is 9.86. The predicted molar refractivity (Wildman–Crippen MR) is 405 cm³/mol. The number of phenolic OH excluding ortho intramolecular Hbond substituents is 3. The van der Waals surface area contributed by atoms with Gasteiger partial charge in [-0.3, -0.25) is 33.6 Å². The van der Waals surface area contributed by atoms with Gasteiger partial charge in [0.15, 0.2) is 29.9 Å². The number of halogens is 1. The summed E-state index contributed by atoms with van der Waals surface area (Å²) in [5, 5.41) is 134. The quantitative estimate of drug-likeness (QED) is 0.0617. The Kier molecular flexibility index (Phi) is 24.6. The van der Waals surface area contributed by atoms with Crippen LogP contribution in [-0.4, -0.2) is 191 Å². The van der Waals surface area contributed by atoms with Crippen molar-refractivity contribution < 1.29 is 118 Å². The van der Waals surface area contributed by atoms with Gasteiger partial charge in [-0.15, -0.1) is 0 Å². The molecule has 2 saturated heterocycles. The monoisotopic (exact) mass is 1590 g/mol. The molecule has 602 valence electrons. The Balaban J connectivity index is 1.14. The summed E-state index contributed by atoms with van der Waals surface area (Å²) in [7, 11) is 1.48. The van der Waals surface area contributed by atoms with Gasteiger partial charge < -0.3 is 128 Å². The highest BCUT2D eigenvalue weighted by molar-refractivity contribution is 6.32. The second-order valence-electron chi connectivity index (χ2n) is 29.1. The van der Waals surface area contributed by atoms with Crippen LogP contribution in [0.1, 0.15) is 116 Å². The molecular weight excluding hydrogens is 1510 g/mol. The number of aliphatic carboxylic acids is 1. The fourth-order valence-electron chi connectivity index (χ4n) is 14.3. The van der Waals surface area contributed by atoms with Crippen molar-refractivity contribution in [3.05, 3.63) is 177 Å². The van der Waals surface area contributed by atoms with E-state index in [2.05, 4.69) is 37.2 Å². The Morgan fingerprint density at radius 1 is 0.684 bits per heavy atom. The number of carbonyl (C=O) groups excluding carboxylic acids is 7. The number of hydrogen-bond donors (Lipinski definition) is 19. The molecule has 34 heteroatoms. The van der Waals surface area contributed by atoms with Crippen LogP contribution in [0.4, 0.5) is 0 Å². The van der Waals surface area contributed by atoms with Gasteiger partial charge >= 0.3 is 5.97 Å². The number of ether oxygens (including phenoxy) is 6. The normalized spacial score (nSPS) is 27.4. The van der Waals surface area contributed by atoms with Gasteiger partial charge in [-0.05, 0) is 127 Å². The van der Waals surface area contributed by atoms with Crippen molar-refractivity contribution in [2.75, 3.05) is 13.7 Å². The molecule has 0 aliphatic carbocycles. The smallest absolute Gasteiger partial charge is 0.330 e. The van der Waals surface area contributed by atoms with Crippen molar-refractivity contribution in [3.8, 4) is 68.2 Å². The van der Waals surface area contributed by atoms with Crippen LogP contribution in [0.3, 0.4) is 0 Å². The van der Waals surface area contributed by atoms with Crippen LogP contribution in [0.25, 0.3) is 34.4 Å². The van der Waals surface area contributed by atoms with E-state index in [-0.39, 0.29) is 57.5 Å². The number of amides is 7. The number of carbonyl (C=O) groups is 8. The average Bonchev–Trinajstić information content (AvgIpc) is 0.765. The minimum Gasteiger partial charge on any atom is -0.508 e. The van der Waals surface area contributed by atoms with Crippen LogP contribution in [0.5, 0.6) is 46.0 Å². The van der Waals surface area contributed by atoms with Gasteiger partial charge in [0.2, 0.25) is 53.4 Å². The van der Waals surface area contributed by atoms with Gasteiger partial charge in [0, 0.05) is 40.3 Å². The Hall–Kier alpha value is -11.3. The molecule has 7 amide bonds. The summed E-state index contributed by atoms with van der Waals surface area (Å²) in [5.74, 6) is -15.7. The summed E-state index contributed by atoms with van der Waals surface area (Å²) < 4.78 is 39.5. The van der Waals surface area contributed by atoms with E-state index in [4.69, 9.17) is 51.5 Å². The van der Waals surface area contributed by atoms with E-state index in [9.17, 15) is 65.4 Å². The zero-order chi connectivity index (χ0) is 82.0. The molecule has 7 heterocycles. The van der Waals surface area contributed by atoms with Crippen LogP contribution in [0.15, 0.2) is 133 Å². The first-order valence-corrected chi connectivity index (χ1v) is 36.7. The molecule has 0 aromatic heterocycles. The molecule has 7 aromatic rings. The van der Waals surface area contributed by atoms with E-state index < -0.39 is 226 Å². The molecule has 21 N–H and O–H groups in total. The second kappa shape index (κ2) is 34.2. The van der Waals surface area contributed by atoms with E-state index in [1.54, 1.807) is 18.2 Å². The first kappa shape index (κ1) is 82.2. The summed E-state index contributed by atoms with van der Waals surface area (Å²) in [6.45, 7) is 5.70. The number of nitrogens with two attached hydrogens (primary N) is 2. The number of aliphatic hydroxyl groups is 6. The number of aromatic hydroxyl groups is 3. The maximum Gasteiger partial charge on any atom is 0.330 e. The summed E-state index contributed by atoms with van der Waals surface area (Å²) in [6.07, 6.45) is -15.6. The molecule has 0 spiro atoms. The summed E-state index contributed by atoms with van der Waals surface area (Å²) >= 11 is 7.20. The van der Waals surface area contributed by atoms with Gasteiger partial charge in [-0.1, -0.05) is 110 Å². The molecule has 114 heavy (non-hydrogen) atoms. The Morgan fingerprint density at radius 3 is 1.97 bits per heavy atom. The Bertz CT molecular complexity index is 4880. The highest BCUT2D eigenvalue weighted by Crippen LogP contribution is 2.50. The van der Waals surface area contributed by atoms with Crippen LogP contribution >= 0.6 is 11.6 Å². The summed E-state index contributed by atoms with van der Waals surface area (Å²) in [6, 6.07) is 16.6. The zero-order valence-corrected chi connectivity index (χ0v) is 62.6. The van der Waals surface area contributed by atoms with Gasteiger partial charge in [0.1, 0.15) is 89.5 Å². The second-order valence-corrected chi connectivity index (χ2v) is 29.6. The van der Waals surface area contributed by atoms with Crippen LogP contribution in [0, 0.1) is 5.92 Å². The molecule has 33 nitrogen and oxygen atoms in total. The Morgan fingerprint density at radius 2 is 1.32 bits per heavy atom. The standard InChI is InChI=1S/C80H86ClN9O24/c1-34(2)23-48(84-5)72(101)89-63-66(97)42-19-22-53(47(81)26-42)111-55-28-43-27-54(69(55)114-79-70(68(99)67(98)56(33-91)112-79)113-58-32-80(4,83)71(100)35(3)109-58)110-52-21-18-41(24-39(52)16-13-36-11-14-38(15-12-36)37-9-7-6-8-10-37)65(96)64-77(106)88-62(78(107)108)46-29-44(92)30-51(94)59(46)45-25-40(17-20-50(45)93)60(74(103)90-64)87-75(104)61(43)86-73(102)49(31-57(82)95)85-76(63)105/h6-22,24-30,34-35,48-49,56,58,60-68,70-71,79,84,91-94,96-100H,23,31-33,83H2,1-5H3,(H2,82,95)(H,85,105)(H,86,102)(H,87,104)(H,88,106)(H,89,101)(H,90,103)(H,107,108)/b16-13+/t35-,48+,49-,56+,58-,60+,61+,62-,63+,64-,65+,66+,67+,68-,70+,71+,79-,80-/m0/s1. The minimum atomic E-state index is -2.36. The molecule has 7 aliphatic heterocycles. The third-order valence-corrected chi connectivity index (χ3v) is 20.6. The minimum absolute atomic E-state index is 0.0120. The van der Waals surface area contributed by atoms with Gasteiger partial charge in [-0.2, -0.15) is 0 Å². The molecule has 14 rings (SSSR count). The fourth-order valence-corrected chi connectivity index (χ4v) is 14.5. The number of carboxylic acids is 1. The molecule has 7 aromatic carbocycles. The van der Waals surface area contributed by atoms with Crippen LogP contribution < -0.4 is 62.9 Å². The number of benzene rings is 7. The SMILES string of the molecule is CN[C@H](CC(C)C)C(=O)N[C@H]1C(=O)N[C@@H](CC(N)=O)C(=O)N[C@H]2C(=O)N[C@H]3C(=O)N[C@H](C(=O)N[C@H](C(=O)O)c4cc(O)cc(O)c4-c4cc3ccc4O)[C@H](O)c3ccc(c(/C=C/c4ccc(-c5ccccc5)cc4)c3)Oc3cc2cc(c3O[C@@H]2O[C@H](CO)[C@@H](O)[C@H](O)[C@H]2O[C@H]2C[C@](C)(N)[C@H](O)[C@H](C)O2)Oc2ccc(cc2Cl)[C@H]1O. The van der Waals surface area contributed by atoms with Crippen LogP contribution in [-0.2, 0) is 52.6 Å². The first-order valence-electron chi connectivity index (χ1n) is 36.3. The molecule has 0 radical (unpaired) electrons. The van der Waals surface area contributed by atoms with E-state index >= 15 is 24.0 Å². The lowest BCUT2D eigenvalue weighted by molar-refractivity contribution is -0.333. The van der Waals surface area contributed by atoms with E-state index in [0.717, 1.165) is 59.7 Å². The topological polar surface area (TPSA) is 530 Å². The first-order chi connectivity index (χ1) is 54.2. The number of carboxylic acid groups (broad SMARTS) is 1. The zero-order valence-electron chi connectivity index (χ0n) is 61.8. The van der Waals surface area contributed by atoms with Crippen LogP contribution in [0.2, 0.25) is 5.02 Å².